The van der Waals surface area contributed by atoms with Crippen molar-refractivity contribution in [2.45, 2.75) is 13.5 Å². The van der Waals surface area contributed by atoms with Crippen molar-refractivity contribution in [3.05, 3.63) is 56.3 Å². The Morgan fingerprint density at radius 1 is 1.21 bits per heavy atom. The Bertz CT molecular complexity index is 1320. The molecule has 0 fully saturated rings. The largest absolute Gasteiger partial charge is 0.465 e. The Hall–Kier alpha value is -2.26. The number of aromatic nitrogens is 2. The summed E-state index contributed by atoms with van der Waals surface area (Å²) in [5.41, 5.74) is 3.53. The van der Waals surface area contributed by atoms with Crippen molar-refractivity contribution >= 4 is 78.2 Å². The van der Waals surface area contributed by atoms with E-state index in [1.54, 1.807) is 47.3 Å². The van der Waals surface area contributed by atoms with Crippen LogP contribution in [0, 0.1) is 0 Å². The Morgan fingerprint density at radius 3 is 2.83 bits per heavy atom. The molecule has 2 aromatic carbocycles. The molecule has 6 nitrogen and oxygen atoms in total. The number of hydrogen-bond acceptors (Lipinski definition) is 6. The van der Waals surface area contributed by atoms with Gasteiger partial charge in [0, 0.05) is 5.56 Å². The standard InChI is InChI=1S/C19H13Cl2N3O3S2/c1-2-27-15(25)8-24-17-13(6-4-11(20)16(17)21)29-19(24)23-18(26)10-3-5-12-14(7-10)28-9-22-12/h3-7,9H,2,8H2,1H3. The minimum absolute atomic E-state index is 0.131. The van der Waals surface area contributed by atoms with E-state index in [0.29, 0.717) is 25.9 Å². The summed E-state index contributed by atoms with van der Waals surface area (Å²) in [7, 11) is 0. The van der Waals surface area contributed by atoms with E-state index in [1.165, 1.54) is 22.7 Å². The number of carbonyl (C=O) groups is 2. The van der Waals surface area contributed by atoms with Crippen molar-refractivity contribution < 1.29 is 14.3 Å². The molecule has 2 aromatic heterocycles. The number of halogens is 2. The van der Waals surface area contributed by atoms with Crippen molar-refractivity contribution in [3.8, 4) is 0 Å². The second kappa shape index (κ2) is 8.23. The molecule has 0 saturated heterocycles. The monoisotopic (exact) mass is 465 g/mol. The van der Waals surface area contributed by atoms with Crippen LogP contribution in [0.15, 0.2) is 40.8 Å². The maximum Gasteiger partial charge on any atom is 0.326 e. The maximum atomic E-state index is 12.8. The van der Waals surface area contributed by atoms with E-state index in [2.05, 4.69) is 9.98 Å². The summed E-state index contributed by atoms with van der Waals surface area (Å²) >= 11 is 15.2. The first-order valence-corrected chi connectivity index (χ1v) is 11.0. The minimum atomic E-state index is -0.455. The lowest BCUT2D eigenvalue weighted by molar-refractivity contribution is -0.143. The number of hydrogen-bond donors (Lipinski definition) is 0. The van der Waals surface area contributed by atoms with E-state index < -0.39 is 11.9 Å². The van der Waals surface area contributed by atoms with Gasteiger partial charge in [-0.3, -0.25) is 9.59 Å². The summed E-state index contributed by atoms with van der Waals surface area (Å²) in [6.45, 7) is 1.84. The van der Waals surface area contributed by atoms with Crippen molar-refractivity contribution in [3.63, 3.8) is 0 Å². The van der Waals surface area contributed by atoms with Gasteiger partial charge in [-0.05, 0) is 37.3 Å². The Labute approximate surface area is 183 Å². The van der Waals surface area contributed by atoms with Crippen LogP contribution in [-0.2, 0) is 16.1 Å². The third-order valence-electron chi connectivity index (χ3n) is 4.10. The van der Waals surface area contributed by atoms with E-state index in [9.17, 15) is 9.59 Å². The van der Waals surface area contributed by atoms with Gasteiger partial charge in [-0.1, -0.05) is 34.5 Å². The lowest BCUT2D eigenvalue weighted by Crippen LogP contribution is -2.23. The van der Waals surface area contributed by atoms with Crippen molar-refractivity contribution in [1.29, 1.82) is 0 Å². The molecule has 0 aliphatic heterocycles. The van der Waals surface area contributed by atoms with E-state index in [-0.39, 0.29) is 13.2 Å². The number of esters is 1. The molecule has 0 atom stereocenters. The Kier molecular flexibility index (Phi) is 5.69. The summed E-state index contributed by atoms with van der Waals surface area (Å²) in [6.07, 6.45) is 0. The normalized spacial score (nSPS) is 12.0. The van der Waals surface area contributed by atoms with Gasteiger partial charge in [0.15, 0.2) is 4.80 Å². The molecule has 4 aromatic rings. The highest BCUT2D eigenvalue weighted by Crippen LogP contribution is 2.32. The molecule has 0 saturated carbocycles. The molecule has 0 aliphatic carbocycles. The lowest BCUT2D eigenvalue weighted by atomic mass is 10.2. The summed E-state index contributed by atoms with van der Waals surface area (Å²) in [6, 6.07) is 8.67. The van der Waals surface area contributed by atoms with Gasteiger partial charge in [0.05, 0.1) is 42.6 Å². The summed E-state index contributed by atoms with van der Waals surface area (Å²) in [4.78, 5) is 33.7. The summed E-state index contributed by atoms with van der Waals surface area (Å²) < 4.78 is 8.28. The third-order valence-corrected chi connectivity index (χ3v) is 6.73. The van der Waals surface area contributed by atoms with Crippen LogP contribution in [0.1, 0.15) is 17.3 Å². The van der Waals surface area contributed by atoms with Gasteiger partial charge in [-0.25, -0.2) is 4.98 Å². The fourth-order valence-corrected chi connectivity index (χ4v) is 5.04. The highest BCUT2D eigenvalue weighted by molar-refractivity contribution is 7.17. The van der Waals surface area contributed by atoms with Crippen molar-refractivity contribution in [2.75, 3.05) is 6.61 Å². The second-order valence-corrected chi connectivity index (χ2v) is 8.62. The molecule has 29 heavy (non-hydrogen) atoms. The number of thiazole rings is 2. The first-order valence-electron chi connectivity index (χ1n) is 8.53. The zero-order valence-electron chi connectivity index (χ0n) is 15.0. The second-order valence-electron chi connectivity index (χ2n) is 5.94. The Balaban J connectivity index is 1.85. The zero-order chi connectivity index (χ0) is 20.5. The van der Waals surface area contributed by atoms with Crippen LogP contribution >= 0.6 is 45.9 Å². The molecule has 0 spiro atoms. The number of ether oxygens (including phenoxy) is 1. The fraction of sp³-hybridized carbons (Fsp3) is 0.158. The lowest BCUT2D eigenvalue weighted by Gasteiger charge is -2.07. The van der Waals surface area contributed by atoms with Crippen LogP contribution in [0.2, 0.25) is 10.0 Å². The first kappa shape index (κ1) is 20.0. The van der Waals surface area contributed by atoms with Crippen molar-refractivity contribution in [1.82, 2.24) is 9.55 Å². The fourth-order valence-electron chi connectivity index (χ4n) is 2.81. The zero-order valence-corrected chi connectivity index (χ0v) is 18.2. The van der Waals surface area contributed by atoms with E-state index >= 15 is 0 Å². The predicted molar refractivity (Wildman–Crippen MR) is 116 cm³/mol. The average molecular weight is 466 g/mol. The van der Waals surface area contributed by atoms with Crippen LogP contribution in [0.4, 0.5) is 0 Å². The van der Waals surface area contributed by atoms with Crippen LogP contribution in [0.25, 0.3) is 20.4 Å². The molecule has 10 heteroatoms. The highest BCUT2D eigenvalue weighted by Gasteiger charge is 2.17. The molecule has 1 amide bonds. The van der Waals surface area contributed by atoms with Gasteiger partial charge in [0.1, 0.15) is 6.54 Å². The van der Waals surface area contributed by atoms with E-state index in [1.807, 2.05) is 0 Å². The van der Waals surface area contributed by atoms with Gasteiger partial charge in [0.2, 0.25) is 0 Å². The minimum Gasteiger partial charge on any atom is -0.465 e. The van der Waals surface area contributed by atoms with Crippen LogP contribution in [0.5, 0.6) is 0 Å². The number of amides is 1. The molecule has 0 unspecified atom stereocenters. The van der Waals surface area contributed by atoms with Gasteiger partial charge in [0.25, 0.3) is 5.91 Å². The molecule has 148 valence electrons. The summed E-state index contributed by atoms with van der Waals surface area (Å²) in [5.74, 6) is -0.880. The number of carbonyl (C=O) groups excluding carboxylic acids is 2. The highest BCUT2D eigenvalue weighted by atomic mass is 35.5. The van der Waals surface area contributed by atoms with Gasteiger partial charge < -0.3 is 9.30 Å². The van der Waals surface area contributed by atoms with Gasteiger partial charge in [-0.2, -0.15) is 4.99 Å². The van der Waals surface area contributed by atoms with Gasteiger partial charge >= 0.3 is 5.97 Å². The number of rotatable bonds is 4. The summed E-state index contributed by atoms with van der Waals surface area (Å²) in [5, 5.41) is 0.646. The SMILES string of the molecule is CCOC(=O)Cn1c(=NC(=O)c2ccc3ncsc3c2)sc2ccc(Cl)c(Cl)c21. The molecule has 0 aliphatic rings. The topological polar surface area (TPSA) is 73.6 Å². The number of benzene rings is 2. The quantitative estimate of drug-likeness (QED) is 0.400. The van der Waals surface area contributed by atoms with Crippen LogP contribution in [0.3, 0.4) is 0 Å². The number of nitrogens with zero attached hydrogens (tertiary/aromatic N) is 3. The molecule has 0 N–H and O–H groups in total. The maximum absolute atomic E-state index is 12.8. The molecular formula is C19H13Cl2N3O3S2. The van der Waals surface area contributed by atoms with E-state index in [0.717, 1.165) is 14.9 Å². The molecular weight excluding hydrogens is 453 g/mol. The third kappa shape index (κ3) is 3.93. The predicted octanol–water partition coefficient (Wildman–Crippen LogP) is 4.92. The smallest absolute Gasteiger partial charge is 0.326 e. The molecule has 4 rings (SSSR count). The van der Waals surface area contributed by atoms with Crippen molar-refractivity contribution in [2.24, 2.45) is 4.99 Å². The molecule has 0 bridgehead atoms. The number of fused-ring (bicyclic) bond motifs is 2. The van der Waals surface area contributed by atoms with Crippen LogP contribution in [-0.4, -0.2) is 28.0 Å². The van der Waals surface area contributed by atoms with E-state index in [4.69, 9.17) is 27.9 Å². The molecule has 0 radical (unpaired) electrons. The van der Waals surface area contributed by atoms with Gasteiger partial charge in [-0.15, -0.1) is 11.3 Å². The first-order chi connectivity index (χ1) is 14.0. The average Bonchev–Trinajstić information content (AvgIpc) is 3.29. The van der Waals surface area contributed by atoms with Crippen LogP contribution < -0.4 is 4.80 Å². The Morgan fingerprint density at radius 2 is 2.03 bits per heavy atom. The molecule has 2 heterocycles.